The molecule has 1 aromatic carbocycles. The summed E-state index contributed by atoms with van der Waals surface area (Å²) in [6.45, 7) is 0. The zero-order valence-electron chi connectivity index (χ0n) is 11.7. The van der Waals surface area contributed by atoms with E-state index in [0.717, 1.165) is 28.4 Å². The van der Waals surface area contributed by atoms with E-state index >= 15 is 0 Å². The zero-order chi connectivity index (χ0) is 14.7. The van der Waals surface area contributed by atoms with Crippen LogP contribution < -0.4 is 11.3 Å². The van der Waals surface area contributed by atoms with E-state index < -0.39 is 0 Å². The van der Waals surface area contributed by atoms with Crippen LogP contribution in [0.2, 0.25) is 0 Å². The maximum absolute atomic E-state index is 5.66. The maximum Gasteiger partial charge on any atom is 0.0952 e. The second-order valence-corrected chi connectivity index (χ2v) is 5.82. The number of rotatable bonds is 5. The third-order valence-corrected chi connectivity index (χ3v) is 4.15. The Kier molecular flexibility index (Phi) is 4.10. The lowest BCUT2D eigenvalue weighted by Gasteiger charge is -2.11. The molecule has 0 amide bonds. The highest BCUT2D eigenvalue weighted by Gasteiger charge is 2.15. The van der Waals surface area contributed by atoms with Gasteiger partial charge in [-0.2, -0.15) is 0 Å². The maximum atomic E-state index is 5.66. The largest absolute Gasteiger partial charge is 0.340 e. The number of nitrogens with one attached hydrogen (secondary N) is 1. The number of aryl methyl sites for hydroxylation is 1. The quantitative estimate of drug-likeness (QED) is 0.560. The van der Waals surface area contributed by atoms with Gasteiger partial charge >= 0.3 is 0 Å². The Bertz CT molecular complexity index is 704. The van der Waals surface area contributed by atoms with Gasteiger partial charge in [0.1, 0.15) is 0 Å². The van der Waals surface area contributed by atoms with Crippen molar-refractivity contribution in [2.45, 2.75) is 12.5 Å². The van der Waals surface area contributed by atoms with E-state index in [1.165, 1.54) is 0 Å². The molecule has 0 aliphatic heterocycles. The first-order valence-electron chi connectivity index (χ1n) is 6.70. The van der Waals surface area contributed by atoms with Crippen LogP contribution in [-0.2, 0) is 13.5 Å². The summed E-state index contributed by atoms with van der Waals surface area (Å²) in [6, 6.07) is 10.2. The van der Waals surface area contributed by atoms with Gasteiger partial charge in [0.15, 0.2) is 0 Å². The summed E-state index contributed by atoms with van der Waals surface area (Å²) >= 11 is 1.65. The Labute approximate surface area is 127 Å². The molecule has 6 heteroatoms. The van der Waals surface area contributed by atoms with Crippen molar-refractivity contribution >= 4 is 11.3 Å². The molecule has 108 valence electrons. The Balaban J connectivity index is 1.77. The van der Waals surface area contributed by atoms with Gasteiger partial charge in [0.25, 0.3) is 0 Å². The standard InChI is InChI=1S/C15H17N5S/c1-20-8-13(17-10-20)12(19-16)7-15-18-14(9-21-15)11-5-3-2-4-6-11/h2-6,8-10,12,19H,7,16H2,1H3. The molecule has 1 atom stereocenters. The predicted molar refractivity (Wildman–Crippen MR) is 84.5 cm³/mol. The van der Waals surface area contributed by atoms with Crippen molar-refractivity contribution < 1.29 is 0 Å². The molecule has 5 nitrogen and oxygen atoms in total. The van der Waals surface area contributed by atoms with E-state index in [0.29, 0.717) is 0 Å². The third-order valence-electron chi connectivity index (χ3n) is 3.28. The van der Waals surface area contributed by atoms with E-state index in [9.17, 15) is 0 Å². The van der Waals surface area contributed by atoms with E-state index in [1.54, 1.807) is 17.7 Å². The van der Waals surface area contributed by atoms with Gasteiger partial charge in [0.05, 0.1) is 28.8 Å². The van der Waals surface area contributed by atoms with Crippen LogP contribution in [-0.4, -0.2) is 14.5 Å². The predicted octanol–water partition coefficient (Wildman–Crippen LogP) is 2.29. The summed E-state index contributed by atoms with van der Waals surface area (Å²) in [5.41, 5.74) is 5.89. The normalized spacial score (nSPS) is 12.5. The molecule has 0 aliphatic rings. The average molecular weight is 299 g/mol. The van der Waals surface area contributed by atoms with Crippen LogP contribution in [0.4, 0.5) is 0 Å². The van der Waals surface area contributed by atoms with Crippen LogP contribution in [0.25, 0.3) is 11.3 Å². The molecule has 0 saturated carbocycles. The number of aromatic nitrogens is 3. The van der Waals surface area contributed by atoms with Gasteiger partial charge in [-0.15, -0.1) is 11.3 Å². The lowest BCUT2D eigenvalue weighted by Crippen LogP contribution is -2.29. The van der Waals surface area contributed by atoms with Crippen molar-refractivity contribution in [2.75, 3.05) is 0 Å². The Morgan fingerprint density at radius 1 is 1.33 bits per heavy atom. The SMILES string of the molecule is Cn1cnc(C(Cc2nc(-c3ccccc3)cs2)NN)c1. The topological polar surface area (TPSA) is 68.8 Å². The molecular formula is C15H17N5S. The van der Waals surface area contributed by atoms with Gasteiger partial charge in [0.2, 0.25) is 0 Å². The fourth-order valence-electron chi connectivity index (χ4n) is 2.18. The fraction of sp³-hybridized carbons (Fsp3) is 0.200. The molecule has 3 aromatic rings. The second kappa shape index (κ2) is 6.17. The molecule has 0 saturated heterocycles. The summed E-state index contributed by atoms with van der Waals surface area (Å²) < 4.78 is 1.91. The summed E-state index contributed by atoms with van der Waals surface area (Å²) in [5, 5.41) is 3.12. The van der Waals surface area contributed by atoms with Crippen molar-refractivity contribution in [3.63, 3.8) is 0 Å². The number of imidazole rings is 1. The first-order valence-corrected chi connectivity index (χ1v) is 7.58. The van der Waals surface area contributed by atoms with Gasteiger partial charge in [0, 0.05) is 30.6 Å². The highest BCUT2D eigenvalue weighted by Crippen LogP contribution is 2.24. The molecule has 0 fully saturated rings. The van der Waals surface area contributed by atoms with Gasteiger partial charge in [-0.3, -0.25) is 11.3 Å². The minimum Gasteiger partial charge on any atom is -0.340 e. The van der Waals surface area contributed by atoms with Crippen LogP contribution in [0.15, 0.2) is 48.2 Å². The van der Waals surface area contributed by atoms with E-state index in [-0.39, 0.29) is 6.04 Å². The second-order valence-electron chi connectivity index (χ2n) is 4.88. The Morgan fingerprint density at radius 2 is 2.14 bits per heavy atom. The highest BCUT2D eigenvalue weighted by molar-refractivity contribution is 7.09. The minimum atomic E-state index is -0.0269. The molecule has 1 unspecified atom stereocenters. The van der Waals surface area contributed by atoms with Crippen molar-refractivity contribution in [1.82, 2.24) is 20.0 Å². The number of hydrogen-bond donors (Lipinski definition) is 2. The molecule has 2 aromatic heterocycles. The van der Waals surface area contributed by atoms with Crippen LogP contribution in [0.1, 0.15) is 16.7 Å². The molecular weight excluding hydrogens is 282 g/mol. The molecule has 0 spiro atoms. The monoisotopic (exact) mass is 299 g/mol. The van der Waals surface area contributed by atoms with Gasteiger partial charge in [-0.25, -0.2) is 9.97 Å². The van der Waals surface area contributed by atoms with Crippen LogP contribution in [0, 0.1) is 0 Å². The number of hydrogen-bond acceptors (Lipinski definition) is 5. The van der Waals surface area contributed by atoms with Crippen LogP contribution in [0.5, 0.6) is 0 Å². The first-order chi connectivity index (χ1) is 10.3. The minimum absolute atomic E-state index is 0.0269. The Morgan fingerprint density at radius 3 is 2.81 bits per heavy atom. The van der Waals surface area contributed by atoms with Crippen LogP contribution in [0.3, 0.4) is 0 Å². The number of hydrazine groups is 1. The number of nitrogens with two attached hydrogens (primary N) is 1. The van der Waals surface area contributed by atoms with Crippen molar-refractivity contribution in [2.24, 2.45) is 12.9 Å². The fourth-order valence-corrected chi connectivity index (χ4v) is 3.03. The van der Waals surface area contributed by atoms with E-state index in [1.807, 2.05) is 36.0 Å². The van der Waals surface area contributed by atoms with Crippen LogP contribution >= 0.6 is 11.3 Å². The molecule has 3 rings (SSSR count). The van der Waals surface area contributed by atoms with Gasteiger partial charge in [-0.1, -0.05) is 30.3 Å². The highest BCUT2D eigenvalue weighted by atomic mass is 32.1. The molecule has 21 heavy (non-hydrogen) atoms. The Hall–Kier alpha value is -2.02. The van der Waals surface area contributed by atoms with Crippen molar-refractivity contribution in [3.8, 4) is 11.3 Å². The summed E-state index contributed by atoms with van der Waals surface area (Å²) in [7, 11) is 1.95. The lowest BCUT2D eigenvalue weighted by atomic mass is 10.1. The number of benzene rings is 1. The van der Waals surface area contributed by atoms with Crippen molar-refractivity contribution in [1.29, 1.82) is 0 Å². The van der Waals surface area contributed by atoms with Crippen molar-refractivity contribution in [3.05, 3.63) is 58.9 Å². The number of nitrogens with zero attached hydrogens (tertiary/aromatic N) is 3. The summed E-state index contributed by atoms with van der Waals surface area (Å²) in [6.07, 6.45) is 4.47. The molecule has 3 N–H and O–H groups in total. The average Bonchev–Trinajstić information content (AvgIpc) is 3.15. The summed E-state index contributed by atoms with van der Waals surface area (Å²) in [5.74, 6) is 5.66. The molecule has 2 heterocycles. The van der Waals surface area contributed by atoms with Gasteiger partial charge in [-0.05, 0) is 0 Å². The number of thiazole rings is 1. The molecule has 0 radical (unpaired) electrons. The lowest BCUT2D eigenvalue weighted by molar-refractivity contribution is 0.539. The smallest absolute Gasteiger partial charge is 0.0952 e. The van der Waals surface area contributed by atoms with E-state index in [4.69, 9.17) is 5.84 Å². The van der Waals surface area contributed by atoms with Gasteiger partial charge < -0.3 is 4.57 Å². The molecule has 0 aliphatic carbocycles. The van der Waals surface area contributed by atoms with E-state index in [2.05, 4.69) is 32.9 Å². The zero-order valence-corrected chi connectivity index (χ0v) is 12.5. The molecule has 0 bridgehead atoms. The summed E-state index contributed by atoms with van der Waals surface area (Å²) in [4.78, 5) is 9.03. The third kappa shape index (κ3) is 3.18. The first kappa shape index (κ1) is 13.9.